The molecular formula is C20H14N2O. The van der Waals surface area contributed by atoms with Crippen LogP contribution in [-0.4, -0.2) is 10.8 Å². The maximum absolute atomic E-state index is 12.4. The second-order valence-electron chi connectivity index (χ2n) is 5.75. The molecule has 0 unspecified atom stereocenters. The van der Waals surface area contributed by atoms with Gasteiger partial charge in [-0.3, -0.25) is 4.79 Å². The Labute approximate surface area is 133 Å². The van der Waals surface area contributed by atoms with E-state index >= 15 is 0 Å². The van der Waals surface area contributed by atoms with Gasteiger partial charge in [0.25, 0.3) is 0 Å². The first-order chi connectivity index (χ1) is 11.3. The van der Waals surface area contributed by atoms with Crippen molar-refractivity contribution in [2.45, 2.75) is 12.8 Å². The summed E-state index contributed by atoms with van der Waals surface area (Å²) in [5, 5.41) is 10.1. The molecule has 3 nitrogen and oxygen atoms in total. The van der Waals surface area contributed by atoms with Crippen molar-refractivity contribution in [3.63, 3.8) is 0 Å². The van der Waals surface area contributed by atoms with Crippen LogP contribution in [0.25, 0.3) is 22.6 Å². The molecule has 4 rings (SSSR count). The standard InChI is InChI=1S/C20H14N2O/c21-11-13-5-7-19-17(9-13)15(12-22-19)10-18-16-4-2-1-3-14(16)6-8-20(18)23/h1-5,7,9-10,12,22H,6,8H2. The highest BCUT2D eigenvalue weighted by Gasteiger charge is 2.21. The Morgan fingerprint density at radius 2 is 2.00 bits per heavy atom. The number of H-pyrrole nitrogens is 1. The van der Waals surface area contributed by atoms with Crippen LogP contribution in [-0.2, 0) is 11.2 Å². The number of fused-ring (bicyclic) bond motifs is 2. The van der Waals surface area contributed by atoms with E-state index in [0.29, 0.717) is 12.0 Å². The van der Waals surface area contributed by atoms with Crippen LogP contribution in [0.5, 0.6) is 0 Å². The lowest BCUT2D eigenvalue weighted by molar-refractivity contribution is -0.113. The summed E-state index contributed by atoms with van der Waals surface area (Å²) < 4.78 is 0. The van der Waals surface area contributed by atoms with Crippen LogP contribution >= 0.6 is 0 Å². The Kier molecular flexibility index (Phi) is 3.09. The van der Waals surface area contributed by atoms with Crippen molar-refractivity contribution < 1.29 is 4.79 Å². The van der Waals surface area contributed by atoms with Gasteiger partial charge < -0.3 is 4.98 Å². The second kappa shape index (κ2) is 5.26. The van der Waals surface area contributed by atoms with Crippen LogP contribution in [0.2, 0.25) is 0 Å². The highest BCUT2D eigenvalue weighted by molar-refractivity contribution is 6.27. The molecular weight excluding hydrogens is 284 g/mol. The minimum Gasteiger partial charge on any atom is -0.361 e. The predicted molar refractivity (Wildman–Crippen MR) is 90.7 cm³/mol. The summed E-state index contributed by atoms with van der Waals surface area (Å²) >= 11 is 0. The van der Waals surface area contributed by atoms with Crippen molar-refractivity contribution in [3.8, 4) is 6.07 Å². The molecule has 0 aliphatic heterocycles. The van der Waals surface area contributed by atoms with Crippen LogP contribution < -0.4 is 0 Å². The van der Waals surface area contributed by atoms with E-state index in [-0.39, 0.29) is 5.78 Å². The van der Waals surface area contributed by atoms with Crippen LogP contribution in [0.4, 0.5) is 0 Å². The van der Waals surface area contributed by atoms with Gasteiger partial charge in [-0.15, -0.1) is 0 Å². The molecule has 3 heteroatoms. The molecule has 1 N–H and O–H groups in total. The predicted octanol–water partition coefficient (Wildman–Crippen LogP) is 4.10. The number of carbonyl (C=O) groups excluding carboxylic acids is 1. The number of hydrogen-bond donors (Lipinski definition) is 1. The summed E-state index contributed by atoms with van der Waals surface area (Å²) in [4.78, 5) is 15.6. The number of nitriles is 1. The van der Waals surface area contributed by atoms with Crippen molar-refractivity contribution in [3.05, 3.63) is 70.9 Å². The van der Waals surface area contributed by atoms with Gasteiger partial charge in [0, 0.05) is 34.7 Å². The fourth-order valence-electron chi connectivity index (χ4n) is 3.18. The van der Waals surface area contributed by atoms with Crippen LogP contribution in [0.3, 0.4) is 0 Å². The minimum absolute atomic E-state index is 0.175. The second-order valence-corrected chi connectivity index (χ2v) is 5.75. The number of allylic oxidation sites excluding steroid dienone is 1. The van der Waals surface area contributed by atoms with Crippen molar-refractivity contribution >= 4 is 28.3 Å². The molecule has 0 radical (unpaired) electrons. The monoisotopic (exact) mass is 298 g/mol. The zero-order chi connectivity index (χ0) is 15.8. The van der Waals surface area contributed by atoms with Gasteiger partial charge in [-0.25, -0.2) is 0 Å². The molecule has 110 valence electrons. The SMILES string of the molecule is N#Cc1ccc2[nH]cc(C=C3C(=O)CCc4ccccc43)c2c1. The van der Waals surface area contributed by atoms with Gasteiger partial charge in [0.15, 0.2) is 5.78 Å². The topological polar surface area (TPSA) is 56.6 Å². The lowest BCUT2D eigenvalue weighted by Crippen LogP contribution is -2.12. The van der Waals surface area contributed by atoms with Gasteiger partial charge in [0.2, 0.25) is 0 Å². The average Bonchev–Trinajstić information content (AvgIpc) is 2.99. The normalized spacial score (nSPS) is 15.6. The van der Waals surface area contributed by atoms with E-state index in [0.717, 1.165) is 34.0 Å². The first-order valence-corrected chi connectivity index (χ1v) is 7.60. The quantitative estimate of drug-likeness (QED) is 0.688. The van der Waals surface area contributed by atoms with Gasteiger partial charge in [-0.1, -0.05) is 24.3 Å². The van der Waals surface area contributed by atoms with Crippen LogP contribution in [0, 0.1) is 11.3 Å². The summed E-state index contributed by atoms with van der Waals surface area (Å²) in [6, 6.07) is 15.8. The Bertz CT molecular complexity index is 1000. The summed E-state index contributed by atoms with van der Waals surface area (Å²) in [7, 11) is 0. The van der Waals surface area contributed by atoms with E-state index in [1.807, 2.05) is 42.6 Å². The Balaban J connectivity index is 1.91. The minimum atomic E-state index is 0.175. The summed E-state index contributed by atoms with van der Waals surface area (Å²) in [5.74, 6) is 0.175. The molecule has 3 aromatic rings. The molecule has 1 aliphatic rings. The summed E-state index contributed by atoms with van der Waals surface area (Å²) in [5.41, 5.74) is 5.53. The van der Waals surface area contributed by atoms with Gasteiger partial charge in [-0.05, 0) is 41.8 Å². The zero-order valence-corrected chi connectivity index (χ0v) is 12.5. The van der Waals surface area contributed by atoms with Crippen molar-refractivity contribution in [1.29, 1.82) is 5.26 Å². The number of benzene rings is 2. The maximum Gasteiger partial charge on any atom is 0.163 e. The van der Waals surface area contributed by atoms with Crippen molar-refractivity contribution in [2.24, 2.45) is 0 Å². The molecule has 1 aliphatic carbocycles. The third-order valence-corrected chi connectivity index (χ3v) is 4.37. The highest BCUT2D eigenvalue weighted by Crippen LogP contribution is 2.31. The number of aromatic nitrogens is 1. The molecule has 0 saturated heterocycles. The summed E-state index contributed by atoms with van der Waals surface area (Å²) in [6.07, 6.45) is 5.19. The molecule has 23 heavy (non-hydrogen) atoms. The summed E-state index contributed by atoms with van der Waals surface area (Å²) in [6.45, 7) is 0. The van der Waals surface area contributed by atoms with E-state index in [1.165, 1.54) is 5.56 Å². The first-order valence-electron chi connectivity index (χ1n) is 7.60. The molecule has 1 aromatic heterocycles. The zero-order valence-electron chi connectivity index (χ0n) is 12.5. The molecule has 2 aromatic carbocycles. The third-order valence-electron chi connectivity index (χ3n) is 4.37. The Morgan fingerprint density at radius 3 is 2.87 bits per heavy atom. The van der Waals surface area contributed by atoms with Crippen LogP contribution in [0.1, 0.15) is 28.7 Å². The number of carbonyl (C=O) groups is 1. The Hall–Kier alpha value is -3.12. The number of nitrogens with one attached hydrogen (secondary N) is 1. The van der Waals surface area contributed by atoms with E-state index in [4.69, 9.17) is 5.26 Å². The molecule has 1 heterocycles. The number of rotatable bonds is 1. The van der Waals surface area contributed by atoms with E-state index in [2.05, 4.69) is 17.1 Å². The number of nitrogens with zero attached hydrogens (tertiary/aromatic N) is 1. The van der Waals surface area contributed by atoms with Gasteiger partial charge >= 0.3 is 0 Å². The third kappa shape index (κ3) is 2.25. The lowest BCUT2D eigenvalue weighted by Gasteiger charge is -2.17. The lowest BCUT2D eigenvalue weighted by atomic mass is 9.85. The molecule has 0 bridgehead atoms. The van der Waals surface area contributed by atoms with E-state index in [9.17, 15) is 4.79 Å². The smallest absolute Gasteiger partial charge is 0.163 e. The van der Waals surface area contributed by atoms with Crippen molar-refractivity contribution in [1.82, 2.24) is 4.98 Å². The number of aromatic amines is 1. The number of aryl methyl sites for hydroxylation is 1. The van der Waals surface area contributed by atoms with Crippen LogP contribution in [0.15, 0.2) is 48.7 Å². The highest BCUT2D eigenvalue weighted by atomic mass is 16.1. The largest absolute Gasteiger partial charge is 0.361 e. The van der Waals surface area contributed by atoms with Gasteiger partial charge in [-0.2, -0.15) is 5.26 Å². The van der Waals surface area contributed by atoms with Crippen molar-refractivity contribution in [2.75, 3.05) is 0 Å². The fourth-order valence-corrected chi connectivity index (χ4v) is 3.18. The van der Waals surface area contributed by atoms with E-state index < -0.39 is 0 Å². The van der Waals surface area contributed by atoms with Gasteiger partial charge in [0.1, 0.15) is 0 Å². The molecule has 0 saturated carbocycles. The van der Waals surface area contributed by atoms with E-state index in [1.54, 1.807) is 6.07 Å². The number of Topliss-reactive ketones (excluding diaryl/α,β-unsaturated/α-hetero) is 1. The van der Waals surface area contributed by atoms with Gasteiger partial charge in [0.05, 0.1) is 11.6 Å². The maximum atomic E-state index is 12.4. The molecule has 0 atom stereocenters. The number of hydrogen-bond acceptors (Lipinski definition) is 2. The first kappa shape index (κ1) is 13.5. The average molecular weight is 298 g/mol. The molecule has 0 fully saturated rings. The fraction of sp³-hybridized carbons (Fsp3) is 0.100. The Morgan fingerprint density at radius 1 is 1.13 bits per heavy atom. The molecule has 0 amide bonds. The molecule has 0 spiro atoms. The number of ketones is 1.